The molecule has 0 aliphatic carbocycles. The van der Waals surface area contributed by atoms with Crippen LogP contribution in [0.3, 0.4) is 0 Å². The van der Waals surface area contributed by atoms with Crippen molar-refractivity contribution in [3.05, 3.63) is 102 Å². The zero-order valence-electron chi connectivity index (χ0n) is 17.0. The van der Waals surface area contributed by atoms with Gasteiger partial charge in [-0.05, 0) is 29.8 Å². The molecule has 0 unspecified atom stereocenters. The summed E-state index contributed by atoms with van der Waals surface area (Å²) >= 11 is 0. The number of nitrogens with zero attached hydrogens (tertiary/aromatic N) is 3. The van der Waals surface area contributed by atoms with E-state index in [1.807, 2.05) is 6.07 Å². The molecule has 3 nitrogen and oxygen atoms in total. The maximum absolute atomic E-state index is 13.2. The van der Waals surface area contributed by atoms with E-state index in [1.165, 1.54) is 17.0 Å². The summed E-state index contributed by atoms with van der Waals surface area (Å²) in [6.07, 6.45) is 3.23. The molecule has 0 saturated carbocycles. The SMILES string of the molecule is CC(C)(c1cncc(CF)n1)c1cccc2c1c1ccccc1n2-c1ccccc1. The number of benzene rings is 3. The molecule has 30 heavy (non-hydrogen) atoms. The Kier molecular flexibility index (Phi) is 4.35. The highest BCUT2D eigenvalue weighted by Crippen LogP contribution is 2.40. The van der Waals surface area contributed by atoms with E-state index >= 15 is 0 Å². The van der Waals surface area contributed by atoms with Crippen LogP contribution in [0, 0.1) is 0 Å². The average Bonchev–Trinajstić information content (AvgIpc) is 3.14. The van der Waals surface area contributed by atoms with Crippen molar-refractivity contribution in [2.75, 3.05) is 0 Å². The van der Waals surface area contributed by atoms with Crippen molar-refractivity contribution in [2.45, 2.75) is 25.9 Å². The first kappa shape index (κ1) is 18.5. The van der Waals surface area contributed by atoms with Crippen LogP contribution in [0.15, 0.2) is 85.2 Å². The van der Waals surface area contributed by atoms with Crippen LogP contribution in [0.5, 0.6) is 0 Å². The Balaban J connectivity index is 1.85. The topological polar surface area (TPSA) is 30.7 Å². The second-order valence-corrected chi connectivity index (χ2v) is 8.04. The summed E-state index contributed by atoms with van der Waals surface area (Å²) in [7, 11) is 0. The van der Waals surface area contributed by atoms with E-state index in [0.29, 0.717) is 5.69 Å². The van der Waals surface area contributed by atoms with Gasteiger partial charge in [0.05, 0.1) is 28.6 Å². The van der Waals surface area contributed by atoms with E-state index in [9.17, 15) is 4.39 Å². The van der Waals surface area contributed by atoms with Gasteiger partial charge in [-0.1, -0.05) is 62.4 Å². The number of halogens is 1. The second-order valence-electron chi connectivity index (χ2n) is 8.04. The van der Waals surface area contributed by atoms with Gasteiger partial charge in [-0.3, -0.25) is 9.97 Å². The first-order valence-corrected chi connectivity index (χ1v) is 10.1. The number of aromatic nitrogens is 3. The number of para-hydroxylation sites is 2. The fraction of sp³-hybridized carbons (Fsp3) is 0.154. The van der Waals surface area contributed by atoms with Crippen molar-refractivity contribution in [2.24, 2.45) is 0 Å². The molecule has 148 valence electrons. The van der Waals surface area contributed by atoms with Crippen LogP contribution < -0.4 is 0 Å². The largest absolute Gasteiger partial charge is 0.309 e. The van der Waals surface area contributed by atoms with Gasteiger partial charge < -0.3 is 4.57 Å². The van der Waals surface area contributed by atoms with Crippen molar-refractivity contribution in [3.8, 4) is 5.69 Å². The molecule has 2 heterocycles. The molecule has 0 radical (unpaired) electrons. The van der Waals surface area contributed by atoms with Gasteiger partial charge in [0.15, 0.2) is 0 Å². The number of fused-ring (bicyclic) bond motifs is 3. The van der Waals surface area contributed by atoms with Gasteiger partial charge in [0.1, 0.15) is 6.67 Å². The van der Waals surface area contributed by atoms with Gasteiger partial charge in [0, 0.05) is 28.1 Å². The lowest BCUT2D eigenvalue weighted by atomic mass is 9.79. The van der Waals surface area contributed by atoms with Crippen LogP contribution in [0.1, 0.15) is 30.8 Å². The highest BCUT2D eigenvalue weighted by Gasteiger charge is 2.29. The first-order chi connectivity index (χ1) is 14.6. The molecular weight excluding hydrogens is 373 g/mol. The Morgan fingerprint density at radius 2 is 1.57 bits per heavy atom. The molecule has 0 fully saturated rings. The summed E-state index contributed by atoms with van der Waals surface area (Å²) in [6, 6.07) is 25.3. The van der Waals surface area contributed by atoms with Crippen LogP contribution >= 0.6 is 0 Å². The lowest BCUT2D eigenvalue weighted by Crippen LogP contribution is -2.22. The molecule has 0 aliphatic heterocycles. The predicted molar refractivity (Wildman–Crippen MR) is 120 cm³/mol. The number of hydrogen-bond acceptors (Lipinski definition) is 2. The molecular formula is C26H22FN3. The highest BCUT2D eigenvalue weighted by atomic mass is 19.1. The maximum Gasteiger partial charge on any atom is 0.133 e. The summed E-state index contributed by atoms with van der Waals surface area (Å²) in [6.45, 7) is 3.64. The second kappa shape index (κ2) is 7.06. The van der Waals surface area contributed by atoms with E-state index in [-0.39, 0.29) is 0 Å². The van der Waals surface area contributed by atoms with E-state index < -0.39 is 12.1 Å². The normalized spacial score (nSPS) is 12.0. The number of rotatable bonds is 4. The zero-order chi connectivity index (χ0) is 20.7. The third-order valence-electron chi connectivity index (χ3n) is 5.85. The molecule has 5 aromatic rings. The molecule has 0 aliphatic rings. The Bertz CT molecular complexity index is 1350. The van der Waals surface area contributed by atoms with Crippen molar-refractivity contribution in [3.63, 3.8) is 0 Å². The summed E-state index contributed by atoms with van der Waals surface area (Å²) < 4.78 is 15.5. The zero-order valence-corrected chi connectivity index (χ0v) is 17.0. The number of hydrogen-bond donors (Lipinski definition) is 0. The van der Waals surface area contributed by atoms with Crippen LogP contribution in [-0.4, -0.2) is 14.5 Å². The molecule has 2 aromatic heterocycles. The summed E-state index contributed by atoms with van der Waals surface area (Å²) in [4.78, 5) is 8.78. The lowest BCUT2D eigenvalue weighted by Gasteiger charge is -2.26. The number of alkyl halides is 1. The summed E-state index contributed by atoms with van der Waals surface area (Å²) in [5.74, 6) is 0. The molecule has 0 spiro atoms. The van der Waals surface area contributed by atoms with Gasteiger partial charge in [-0.15, -0.1) is 0 Å². The van der Waals surface area contributed by atoms with Gasteiger partial charge >= 0.3 is 0 Å². The monoisotopic (exact) mass is 395 g/mol. The van der Waals surface area contributed by atoms with Crippen LogP contribution in [0.2, 0.25) is 0 Å². The molecule has 0 N–H and O–H groups in total. The van der Waals surface area contributed by atoms with E-state index in [4.69, 9.17) is 0 Å². The Morgan fingerprint density at radius 1 is 0.833 bits per heavy atom. The molecule has 0 bridgehead atoms. The molecule has 0 amide bonds. The van der Waals surface area contributed by atoms with E-state index in [2.05, 4.69) is 95.1 Å². The van der Waals surface area contributed by atoms with E-state index in [1.54, 1.807) is 6.20 Å². The minimum absolute atomic E-state index is 0.361. The fourth-order valence-electron chi connectivity index (χ4n) is 4.31. The lowest BCUT2D eigenvalue weighted by molar-refractivity contribution is 0.470. The summed E-state index contributed by atoms with van der Waals surface area (Å²) in [5.41, 5.74) is 5.26. The van der Waals surface area contributed by atoms with Gasteiger partial charge in [0.25, 0.3) is 0 Å². The Hall–Kier alpha value is -3.53. The molecule has 3 aromatic carbocycles. The van der Waals surface area contributed by atoms with Crippen molar-refractivity contribution < 1.29 is 4.39 Å². The van der Waals surface area contributed by atoms with Crippen molar-refractivity contribution in [1.82, 2.24) is 14.5 Å². The standard InChI is InChI=1S/C26H22FN3/c1-26(2,24-17-28-16-18(15-27)29-24)21-12-8-14-23-25(21)20-11-6-7-13-22(20)30(23)19-9-4-3-5-10-19/h3-14,16-17H,15H2,1-2H3. The van der Waals surface area contributed by atoms with Crippen molar-refractivity contribution in [1.29, 1.82) is 0 Å². The maximum atomic E-state index is 13.2. The van der Waals surface area contributed by atoms with Crippen molar-refractivity contribution >= 4 is 21.8 Å². The smallest absolute Gasteiger partial charge is 0.133 e. The predicted octanol–water partition coefficient (Wildman–Crippen LogP) is 6.37. The van der Waals surface area contributed by atoms with E-state index in [0.717, 1.165) is 28.0 Å². The minimum atomic E-state index is -0.617. The molecule has 5 rings (SSSR count). The molecule has 0 atom stereocenters. The van der Waals surface area contributed by atoms with Gasteiger partial charge in [-0.25, -0.2) is 4.39 Å². The van der Waals surface area contributed by atoms with Crippen LogP contribution in [0.25, 0.3) is 27.5 Å². The fourth-order valence-corrected chi connectivity index (χ4v) is 4.31. The third kappa shape index (κ3) is 2.79. The molecule has 4 heteroatoms. The highest BCUT2D eigenvalue weighted by molar-refractivity contribution is 6.11. The first-order valence-electron chi connectivity index (χ1n) is 10.1. The average molecular weight is 395 g/mol. The minimum Gasteiger partial charge on any atom is -0.309 e. The summed E-state index contributed by atoms with van der Waals surface area (Å²) in [5, 5.41) is 2.38. The Morgan fingerprint density at radius 3 is 2.37 bits per heavy atom. The molecule has 0 saturated heterocycles. The Labute approximate surface area is 174 Å². The van der Waals surface area contributed by atoms with Crippen LogP contribution in [0.4, 0.5) is 4.39 Å². The van der Waals surface area contributed by atoms with Crippen LogP contribution in [-0.2, 0) is 12.1 Å². The van der Waals surface area contributed by atoms with Gasteiger partial charge in [0.2, 0.25) is 0 Å². The quantitative estimate of drug-likeness (QED) is 0.354. The van der Waals surface area contributed by atoms with Gasteiger partial charge in [-0.2, -0.15) is 0 Å². The third-order valence-corrected chi connectivity index (χ3v) is 5.85.